The highest BCUT2D eigenvalue weighted by Gasteiger charge is 2.09. The van der Waals surface area contributed by atoms with E-state index in [-0.39, 0.29) is 0 Å². The summed E-state index contributed by atoms with van der Waals surface area (Å²) in [6, 6.07) is 7.78. The summed E-state index contributed by atoms with van der Waals surface area (Å²) in [4.78, 5) is 3.15. The summed E-state index contributed by atoms with van der Waals surface area (Å²) in [6.45, 7) is 0. The number of rotatable bonds is 1. The third-order valence-corrected chi connectivity index (χ3v) is 3.68. The smallest absolute Gasteiger partial charge is 0.182 e. The van der Waals surface area contributed by atoms with Crippen LogP contribution in [0.5, 0.6) is 0 Å². The predicted molar refractivity (Wildman–Crippen MR) is 71.3 cm³/mol. The molecule has 0 radical (unpaired) electrons. The molecule has 2 heterocycles. The molecule has 1 aromatic carbocycles. The molecule has 0 spiro atoms. The van der Waals surface area contributed by atoms with Crippen LogP contribution in [0.4, 0.5) is 0 Å². The van der Waals surface area contributed by atoms with E-state index in [0.717, 1.165) is 16.7 Å². The molecule has 16 heavy (non-hydrogen) atoms. The van der Waals surface area contributed by atoms with Crippen LogP contribution in [0.2, 0.25) is 5.02 Å². The van der Waals surface area contributed by atoms with Crippen LogP contribution in [0.3, 0.4) is 0 Å². The lowest BCUT2D eigenvalue weighted by molar-refractivity contribution is 1.07. The van der Waals surface area contributed by atoms with Gasteiger partial charge in [0.15, 0.2) is 4.77 Å². The second-order valence-electron chi connectivity index (χ2n) is 3.38. The number of aromatic nitrogens is 2. The first kappa shape index (κ1) is 10.1. The second kappa shape index (κ2) is 3.73. The molecule has 2 aromatic heterocycles. The fourth-order valence-electron chi connectivity index (χ4n) is 1.75. The summed E-state index contributed by atoms with van der Waals surface area (Å²) in [7, 11) is 0. The minimum Gasteiger partial charge on any atom is -0.330 e. The van der Waals surface area contributed by atoms with Crippen molar-refractivity contribution >= 4 is 46.2 Å². The standard InChI is InChI=1S/C11H7ClN2S2/c12-8-2-1-3-9-10(8)14(11(15)13-9)7-4-5-16-6-7/h1-6H,(H,13,15). The fraction of sp³-hybridized carbons (Fsp3) is 0. The van der Waals surface area contributed by atoms with Gasteiger partial charge in [0.05, 0.1) is 21.7 Å². The number of thiophene rings is 1. The van der Waals surface area contributed by atoms with Crippen LogP contribution in [0, 0.1) is 4.77 Å². The second-order valence-corrected chi connectivity index (χ2v) is 4.96. The number of nitrogens with zero attached hydrogens (tertiary/aromatic N) is 1. The van der Waals surface area contributed by atoms with Gasteiger partial charge in [-0.2, -0.15) is 11.3 Å². The molecule has 2 nitrogen and oxygen atoms in total. The van der Waals surface area contributed by atoms with E-state index in [0.29, 0.717) is 9.79 Å². The molecule has 0 unspecified atom stereocenters. The summed E-state index contributed by atoms with van der Waals surface area (Å²) in [6.07, 6.45) is 0. The monoisotopic (exact) mass is 266 g/mol. The summed E-state index contributed by atoms with van der Waals surface area (Å²) < 4.78 is 2.63. The van der Waals surface area contributed by atoms with E-state index in [1.54, 1.807) is 11.3 Å². The lowest BCUT2D eigenvalue weighted by atomic mass is 10.3. The van der Waals surface area contributed by atoms with Crippen molar-refractivity contribution in [1.29, 1.82) is 0 Å². The summed E-state index contributed by atoms with van der Waals surface area (Å²) >= 11 is 13.2. The van der Waals surface area contributed by atoms with Crippen LogP contribution in [0.25, 0.3) is 16.7 Å². The van der Waals surface area contributed by atoms with Crippen LogP contribution in [-0.2, 0) is 0 Å². The Kier molecular flexibility index (Phi) is 2.35. The molecular weight excluding hydrogens is 260 g/mol. The number of para-hydroxylation sites is 1. The maximum Gasteiger partial charge on any atom is 0.182 e. The molecule has 0 saturated carbocycles. The molecule has 3 rings (SSSR count). The van der Waals surface area contributed by atoms with E-state index in [9.17, 15) is 0 Å². The number of nitrogens with one attached hydrogen (secondary N) is 1. The van der Waals surface area contributed by atoms with Crippen LogP contribution in [0.15, 0.2) is 35.0 Å². The first-order chi connectivity index (χ1) is 7.77. The van der Waals surface area contributed by atoms with Crippen LogP contribution < -0.4 is 0 Å². The normalized spacial score (nSPS) is 11.1. The maximum absolute atomic E-state index is 6.21. The van der Waals surface area contributed by atoms with Gasteiger partial charge in [-0.15, -0.1) is 0 Å². The molecule has 0 aliphatic carbocycles. The fourth-order valence-corrected chi connectivity index (χ4v) is 2.93. The highest BCUT2D eigenvalue weighted by molar-refractivity contribution is 7.71. The molecule has 0 atom stereocenters. The molecular formula is C11H7ClN2S2. The minimum absolute atomic E-state index is 0.668. The Balaban J connectivity index is 2.49. The van der Waals surface area contributed by atoms with Crippen LogP contribution >= 0.6 is 35.2 Å². The van der Waals surface area contributed by atoms with E-state index in [4.69, 9.17) is 23.8 Å². The molecule has 0 amide bonds. The van der Waals surface area contributed by atoms with Crippen molar-refractivity contribution in [2.24, 2.45) is 0 Å². The van der Waals surface area contributed by atoms with Gasteiger partial charge in [0.1, 0.15) is 0 Å². The van der Waals surface area contributed by atoms with Gasteiger partial charge < -0.3 is 4.98 Å². The maximum atomic E-state index is 6.21. The molecule has 1 N–H and O–H groups in total. The molecule has 5 heteroatoms. The number of imidazole rings is 1. The molecule has 0 saturated heterocycles. The molecule has 0 fully saturated rings. The molecule has 0 bridgehead atoms. The topological polar surface area (TPSA) is 20.7 Å². The Morgan fingerprint density at radius 2 is 2.19 bits per heavy atom. The number of aromatic amines is 1. The quantitative estimate of drug-likeness (QED) is 0.648. The van der Waals surface area contributed by atoms with E-state index in [2.05, 4.69) is 4.98 Å². The van der Waals surface area contributed by atoms with Gasteiger partial charge in [-0.05, 0) is 35.8 Å². The summed E-state index contributed by atoms with van der Waals surface area (Å²) in [5, 5.41) is 4.77. The van der Waals surface area contributed by atoms with Gasteiger partial charge >= 0.3 is 0 Å². The number of hydrogen-bond donors (Lipinski definition) is 1. The average molecular weight is 267 g/mol. The highest BCUT2D eigenvalue weighted by Crippen LogP contribution is 2.27. The van der Waals surface area contributed by atoms with Crippen molar-refractivity contribution in [1.82, 2.24) is 9.55 Å². The van der Waals surface area contributed by atoms with E-state index < -0.39 is 0 Å². The number of halogens is 1. The molecule has 0 aliphatic heterocycles. The molecule has 0 aliphatic rings. The highest BCUT2D eigenvalue weighted by atomic mass is 35.5. The minimum atomic E-state index is 0.668. The van der Waals surface area contributed by atoms with Crippen molar-refractivity contribution in [3.8, 4) is 5.69 Å². The van der Waals surface area contributed by atoms with Crippen LogP contribution in [0.1, 0.15) is 0 Å². The van der Waals surface area contributed by atoms with Crippen LogP contribution in [-0.4, -0.2) is 9.55 Å². The largest absolute Gasteiger partial charge is 0.330 e. The Labute approximate surface area is 106 Å². The molecule has 80 valence electrons. The number of H-pyrrole nitrogens is 1. The van der Waals surface area contributed by atoms with E-state index >= 15 is 0 Å². The number of hydrogen-bond acceptors (Lipinski definition) is 2. The van der Waals surface area contributed by atoms with Gasteiger partial charge in [-0.1, -0.05) is 17.7 Å². The summed E-state index contributed by atoms with van der Waals surface area (Å²) in [5.41, 5.74) is 2.95. The lowest BCUT2D eigenvalue weighted by Crippen LogP contribution is -1.91. The van der Waals surface area contributed by atoms with Crippen molar-refractivity contribution in [3.05, 3.63) is 44.8 Å². The zero-order chi connectivity index (χ0) is 11.1. The number of fused-ring (bicyclic) bond motifs is 1. The van der Waals surface area contributed by atoms with Crippen molar-refractivity contribution < 1.29 is 0 Å². The first-order valence-electron chi connectivity index (χ1n) is 4.69. The zero-order valence-electron chi connectivity index (χ0n) is 8.11. The van der Waals surface area contributed by atoms with Gasteiger partial charge in [-0.3, -0.25) is 4.57 Å². The van der Waals surface area contributed by atoms with E-state index in [1.165, 1.54) is 0 Å². The van der Waals surface area contributed by atoms with Gasteiger partial charge in [0.2, 0.25) is 0 Å². The van der Waals surface area contributed by atoms with Crippen molar-refractivity contribution in [3.63, 3.8) is 0 Å². The Morgan fingerprint density at radius 3 is 2.94 bits per heavy atom. The van der Waals surface area contributed by atoms with Gasteiger partial charge in [-0.25, -0.2) is 0 Å². The summed E-state index contributed by atoms with van der Waals surface area (Å²) in [5.74, 6) is 0. The zero-order valence-corrected chi connectivity index (χ0v) is 10.5. The Hall–Kier alpha value is -1.10. The SMILES string of the molecule is S=c1[nH]c2cccc(Cl)c2n1-c1ccsc1. The van der Waals surface area contributed by atoms with Crippen molar-refractivity contribution in [2.75, 3.05) is 0 Å². The van der Waals surface area contributed by atoms with E-state index in [1.807, 2.05) is 39.6 Å². The third kappa shape index (κ3) is 1.42. The third-order valence-electron chi connectivity index (χ3n) is 2.42. The van der Waals surface area contributed by atoms with Gasteiger partial charge in [0, 0.05) is 5.38 Å². The Morgan fingerprint density at radius 1 is 1.31 bits per heavy atom. The average Bonchev–Trinajstić information content (AvgIpc) is 2.84. The van der Waals surface area contributed by atoms with Crippen molar-refractivity contribution in [2.45, 2.75) is 0 Å². The Bertz CT molecular complexity index is 694. The number of benzene rings is 1. The van der Waals surface area contributed by atoms with Gasteiger partial charge in [0.25, 0.3) is 0 Å². The molecule has 3 aromatic rings. The lowest BCUT2D eigenvalue weighted by Gasteiger charge is -2.01. The first-order valence-corrected chi connectivity index (χ1v) is 6.42. The predicted octanol–water partition coefficient (Wildman–Crippen LogP) is 4.40.